The fraction of sp³-hybridized carbons (Fsp3) is 0.833. The maximum absolute atomic E-state index is 12.0. The number of rotatable bonds is 4. The molecule has 6 heteroatoms. The molecule has 0 aromatic heterocycles. The zero-order valence-electron chi connectivity index (χ0n) is 10.3. The highest BCUT2D eigenvalue weighted by Crippen LogP contribution is 2.18. The molecule has 0 aromatic rings. The van der Waals surface area contributed by atoms with E-state index < -0.39 is 5.97 Å². The van der Waals surface area contributed by atoms with Crippen LogP contribution in [0.2, 0.25) is 0 Å². The molecule has 0 aliphatic carbocycles. The number of carboxylic acids is 1. The topological polar surface area (TPSA) is 76.1 Å². The number of carbonyl (C=O) groups is 2. The van der Waals surface area contributed by atoms with Crippen LogP contribution in [0.15, 0.2) is 0 Å². The third kappa shape index (κ3) is 3.68. The van der Waals surface area contributed by atoms with Crippen molar-refractivity contribution in [1.29, 1.82) is 0 Å². The quantitative estimate of drug-likeness (QED) is 0.781. The molecule has 1 amide bonds. The van der Waals surface area contributed by atoms with Crippen molar-refractivity contribution in [3.05, 3.63) is 0 Å². The van der Waals surface area contributed by atoms with E-state index in [2.05, 4.69) is 0 Å². The van der Waals surface area contributed by atoms with Gasteiger partial charge in [0.05, 0.1) is 31.7 Å². The second kappa shape index (κ2) is 6.15. The van der Waals surface area contributed by atoms with E-state index in [1.807, 2.05) is 0 Å². The summed E-state index contributed by atoms with van der Waals surface area (Å²) in [6.07, 6.45) is 1.96. The van der Waals surface area contributed by atoms with Gasteiger partial charge in [0.1, 0.15) is 0 Å². The molecule has 0 radical (unpaired) electrons. The molecule has 0 saturated carbocycles. The fourth-order valence-electron chi connectivity index (χ4n) is 2.39. The van der Waals surface area contributed by atoms with Gasteiger partial charge in [0.15, 0.2) is 0 Å². The molecule has 2 aliphatic rings. The van der Waals surface area contributed by atoms with E-state index in [1.165, 1.54) is 0 Å². The van der Waals surface area contributed by atoms with E-state index in [0.717, 1.165) is 19.4 Å². The van der Waals surface area contributed by atoms with Crippen molar-refractivity contribution in [2.45, 2.75) is 37.9 Å². The Labute approximate surface area is 106 Å². The lowest BCUT2D eigenvalue weighted by atomic mass is 10.1. The van der Waals surface area contributed by atoms with E-state index in [1.54, 1.807) is 4.90 Å². The second-order valence-electron chi connectivity index (χ2n) is 4.77. The third-order valence-corrected chi connectivity index (χ3v) is 3.32. The van der Waals surface area contributed by atoms with Gasteiger partial charge in [0.2, 0.25) is 5.91 Å². The number of carbonyl (C=O) groups excluding carboxylic acids is 1. The Morgan fingerprint density at radius 2 is 1.94 bits per heavy atom. The standard InChI is InChI=1S/C12H19NO5/c14-11(6-9-2-1-4-17-9)13-3-5-18-10(8-13)7-12(15)16/h9-10H,1-8H2,(H,15,16)/t9-,10+/m0/s1. The molecule has 102 valence electrons. The van der Waals surface area contributed by atoms with Gasteiger partial charge in [-0.1, -0.05) is 0 Å². The Morgan fingerprint density at radius 1 is 1.17 bits per heavy atom. The Morgan fingerprint density at radius 3 is 2.61 bits per heavy atom. The van der Waals surface area contributed by atoms with E-state index in [4.69, 9.17) is 14.6 Å². The summed E-state index contributed by atoms with van der Waals surface area (Å²) < 4.78 is 10.8. The van der Waals surface area contributed by atoms with Crippen LogP contribution < -0.4 is 0 Å². The van der Waals surface area contributed by atoms with Gasteiger partial charge >= 0.3 is 5.97 Å². The summed E-state index contributed by atoms with van der Waals surface area (Å²) in [7, 11) is 0. The number of aliphatic carboxylic acids is 1. The van der Waals surface area contributed by atoms with Gasteiger partial charge in [-0.3, -0.25) is 9.59 Å². The summed E-state index contributed by atoms with van der Waals surface area (Å²) in [5.74, 6) is -0.853. The van der Waals surface area contributed by atoms with E-state index >= 15 is 0 Å². The van der Waals surface area contributed by atoms with Crippen LogP contribution >= 0.6 is 0 Å². The van der Waals surface area contributed by atoms with Crippen molar-refractivity contribution in [3.8, 4) is 0 Å². The van der Waals surface area contributed by atoms with Crippen LogP contribution in [-0.2, 0) is 19.1 Å². The number of ether oxygens (including phenoxy) is 2. The van der Waals surface area contributed by atoms with Crippen LogP contribution in [0.3, 0.4) is 0 Å². The Balaban J connectivity index is 1.79. The van der Waals surface area contributed by atoms with Crippen molar-refractivity contribution in [3.63, 3.8) is 0 Å². The van der Waals surface area contributed by atoms with Crippen LogP contribution in [0.5, 0.6) is 0 Å². The summed E-state index contributed by atoms with van der Waals surface area (Å²) in [5.41, 5.74) is 0. The normalized spacial score (nSPS) is 28.3. The molecule has 2 aliphatic heterocycles. The lowest BCUT2D eigenvalue weighted by Gasteiger charge is -2.32. The number of amides is 1. The van der Waals surface area contributed by atoms with Gasteiger partial charge in [-0.15, -0.1) is 0 Å². The Kier molecular flexibility index (Phi) is 4.54. The zero-order valence-corrected chi connectivity index (χ0v) is 10.3. The molecule has 2 atom stereocenters. The summed E-state index contributed by atoms with van der Waals surface area (Å²) in [5, 5.41) is 8.72. The SMILES string of the molecule is O=C(O)C[C@@H]1CN(C(=O)C[C@@H]2CCCO2)CCO1. The molecule has 0 spiro atoms. The molecule has 2 saturated heterocycles. The largest absolute Gasteiger partial charge is 0.481 e. The highest BCUT2D eigenvalue weighted by Gasteiger charge is 2.28. The minimum Gasteiger partial charge on any atom is -0.481 e. The first kappa shape index (κ1) is 13.3. The minimum absolute atomic E-state index is 0.0401. The minimum atomic E-state index is -0.895. The molecule has 18 heavy (non-hydrogen) atoms. The zero-order chi connectivity index (χ0) is 13.0. The molecule has 6 nitrogen and oxygen atoms in total. The lowest BCUT2D eigenvalue weighted by Crippen LogP contribution is -2.47. The number of carboxylic acid groups (broad SMARTS) is 1. The molecular weight excluding hydrogens is 238 g/mol. The van der Waals surface area contributed by atoms with E-state index in [0.29, 0.717) is 26.1 Å². The van der Waals surface area contributed by atoms with Crippen molar-refractivity contribution in [2.75, 3.05) is 26.3 Å². The second-order valence-corrected chi connectivity index (χ2v) is 4.77. The number of hydrogen-bond acceptors (Lipinski definition) is 4. The Bertz CT molecular complexity index is 314. The van der Waals surface area contributed by atoms with Crippen LogP contribution in [-0.4, -0.2) is 60.4 Å². The highest BCUT2D eigenvalue weighted by molar-refractivity contribution is 5.77. The number of morpholine rings is 1. The summed E-state index contributed by atoms with van der Waals surface area (Å²) >= 11 is 0. The molecule has 2 rings (SSSR count). The van der Waals surface area contributed by atoms with Crippen molar-refractivity contribution in [1.82, 2.24) is 4.90 Å². The monoisotopic (exact) mass is 257 g/mol. The summed E-state index contributed by atoms with van der Waals surface area (Å²) in [6.45, 7) is 2.07. The molecule has 1 N–H and O–H groups in total. The van der Waals surface area contributed by atoms with E-state index in [9.17, 15) is 9.59 Å². The molecule has 0 bridgehead atoms. The lowest BCUT2D eigenvalue weighted by molar-refractivity contribution is -0.148. The molecule has 0 unspecified atom stereocenters. The molecule has 2 heterocycles. The first-order valence-corrected chi connectivity index (χ1v) is 6.38. The predicted octanol–water partition coefficient (Wildman–Crippen LogP) is 0.258. The van der Waals surface area contributed by atoms with Gasteiger partial charge < -0.3 is 19.5 Å². The van der Waals surface area contributed by atoms with Crippen molar-refractivity contribution >= 4 is 11.9 Å². The van der Waals surface area contributed by atoms with Crippen LogP contribution in [0, 0.1) is 0 Å². The van der Waals surface area contributed by atoms with Gasteiger partial charge in [-0.05, 0) is 12.8 Å². The average Bonchev–Trinajstić information content (AvgIpc) is 2.81. The summed E-state index contributed by atoms with van der Waals surface area (Å²) in [4.78, 5) is 24.3. The van der Waals surface area contributed by atoms with Gasteiger partial charge in [0, 0.05) is 19.7 Å². The number of nitrogens with zero attached hydrogens (tertiary/aromatic N) is 1. The maximum Gasteiger partial charge on any atom is 0.306 e. The Hall–Kier alpha value is -1.14. The van der Waals surface area contributed by atoms with E-state index in [-0.39, 0.29) is 24.5 Å². The highest BCUT2D eigenvalue weighted by atomic mass is 16.5. The fourth-order valence-corrected chi connectivity index (χ4v) is 2.39. The van der Waals surface area contributed by atoms with Crippen LogP contribution in [0.1, 0.15) is 25.7 Å². The van der Waals surface area contributed by atoms with Crippen molar-refractivity contribution < 1.29 is 24.2 Å². The van der Waals surface area contributed by atoms with Crippen LogP contribution in [0.25, 0.3) is 0 Å². The molecular formula is C12H19NO5. The van der Waals surface area contributed by atoms with Crippen molar-refractivity contribution in [2.24, 2.45) is 0 Å². The first-order chi connectivity index (χ1) is 8.65. The summed E-state index contributed by atoms with van der Waals surface area (Å²) in [6, 6.07) is 0. The first-order valence-electron chi connectivity index (χ1n) is 6.38. The molecule has 0 aromatic carbocycles. The van der Waals surface area contributed by atoms with Crippen LogP contribution in [0.4, 0.5) is 0 Å². The molecule has 2 fully saturated rings. The average molecular weight is 257 g/mol. The smallest absolute Gasteiger partial charge is 0.306 e. The van der Waals surface area contributed by atoms with Gasteiger partial charge in [-0.2, -0.15) is 0 Å². The maximum atomic E-state index is 12.0. The third-order valence-electron chi connectivity index (χ3n) is 3.32. The predicted molar refractivity (Wildman–Crippen MR) is 62.2 cm³/mol. The van der Waals surface area contributed by atoms with Gasteiger partial charge in [0.25, 0.3) is 0 Å². The number of hydrogen-bond donors (Lipinski definition) is 1. The van der Waals surface area contributed by atoms with Gasteiger partial charge in [-0.25, -0.2) is 0 Å².